The zero-order chi connectivity index (χ0) is 15.2. The summed E-state index contributed by atoms with van der Waals surface area (Å²) in [6, 6.07) is 3.34. The van der Waals surface area contributed by atoms with Crippen molar-refractivity contribution in [2.45, 2.75) is 25.1 Å². The second-order valence-electron chi connectivity index (χ2n) is 4.88. The van der Waals surface area contributed by atoms with Gasteiger partial charge in [-0.2, -0.15) is 11.8 Å². The highest BCUT2D eigenvalue weighted by atomic mass is 127. The van der Waals surface area contributed by atoms with Gasteiger partial charge in [0.2, 0.25) is 0 Å². The summed E-state index contributed by atoms with van der Waals surface area (Å²) < 4.78 is 5.35. The molecule has 0 bridgehead atoms. The molecule has 6 nitrogen and oxygen atoms in total. The molecule has 2 heterocycles. The van der Waals surface area contributed by atoms with Crippen LogP contribution in [0.4, 0.5) is 0 Å². The molecule has 1 aliphatic heterocycles. The van der Waals surface area contributed by atoms with E-state index in [1.807, 2.05) is 11.8 Å². The summed E-state index contributed by atoms with van der Waals surface area (Å²) in [5.41, 5.74) is 5.17. The number of halogens is 1. The van der Waals surface area contributed by atoms with Gasteiger partial charge in [-0.1, -0.05) is 6.92 Å². The number of primary amides is 1. The molecule has 8 heteroatoms. The van der Waals surface area contributed by atoms with Crippen LogP contribution in [0.1, 0.15) is 29.7 Å². The fourth-order valence-electron chi connectivity index (χ4n) is 2.26. The first-order valence-corrected chi connectivity index (χ1v) is 8.14. The maximum Gasteiger partial charge on any atom is 0.284 e. The van der Waals surface area contributed by atoms with Crippen molar-refractivity contribution < 1.29 is 9.21 Å². The Labute approximate surface area is 152 Å². The predicted octanol–water partition coefficient (Wildman–Crippen LogP) is 1.90. The number of hydrogen-bond acceptors (Lipinski definition) is 4. The summed E-state index contributed by atoms with van der Waals surface area (Å²) in [7, 11) is 1.78. The zero-order valence-corrected chi connectivity index (χ0v) is 16.0. The van der Waals surface area contributed by atoms with E-state index in [1.54, 1.807) is 19.2 Å². The number of aliphatic imine (C=N–C) groups is 1. The Kier molecular flexibility index (Phi) is 8.08. The molecular weight excluding hydrogens is 415 g/mol. The van der Waals surface area contributed by atoms with Crippen molar-refractivity contribution in [1.29, 1.82) is 0 Å². The first-order valence-electron chi connectivity index (χ1n) is 7.09. The van der Waals surface area contributed by atoms with Crippen LogP contribution in [0.5, 0.6) is 0 Å². The average molecular weight is 438 g/mol. The van der Waals surface area contributed by atoms with Crippen molar-refractivity contribution in [3.8, 4) is 0 Å². The Morgan fingerprint density at radius 3 is 2.95 bits per heavy atom. The number of carbonyl (C=O) groups is 1. The molecule has 2 rings (SSSR count). The molecule has 0 aliphatic carbocycles. The van der Waals surface area contributed by atoms with Crippen molar-refractivity contribution in [2.75, 3.05) is 25.9 Å². The number of amides is 1. The van der Waals surface area contributed by atoms with Gasteiger partial charge >= 0.3 is 0 Å². The number of thioether (sulfide) groups is 1. The number of rotatable bonds is 4. The molecule has 1 atom stereocenters. The topological polar surface area (TPSA) is 83.9 Å². The first-order chi connectivity index (χ1) is 10.1. The van der Waals surface area contributed by atoms with Crippen LogP contribution in [0, 0.1) is 0 Å². The van der Waals surface area contributed by atoms with E-state index in [1.165, 1.54) is 0 Å². The highest BCUT2D eigenvalue weighted by Crippen LogP contribution is 2.21. The summed E-state index contributed by atoms with van der Waals surface area (Å²) in [6.45, 7) is 4.70. The smallest absolute Gasteiger partial charge is 0.284 e. The molecule has 1 saturated heterocycles. The third kappa shape index (κ3) is 5.08. The van der Waals surface area contributed by atoms with Crippen LogP contribution in [0.25, 0.3) is 0 Å². The van der Waals surface area contributed by atoms with Crippen molar-refractivity contribution in [3.05, 3.63) is 23.7 Å². The van der Waals surface area contributed by atoms with Gasteiger partial charge in [-0.25, -0.2) is 0 Å². The Bertz CT molecular complexity index is 521. The van der Waals surface area contributed by atoms with Crippen LogP contribution in [-0.2, 0) is 6.54 Å². The molecule has 22 heavy (non-hydrogen) atoms. The van der Waals surface area contributed by atoms with Gasteiger partial charge in [-0.3, -0.25) is 9.79 Å². The number of guanidine groups is 1. The van der Waals surface area contributed by atoms with Crippen molar-refractivity contribution in [3.63, 3.8) is 0 Å². The second kappa shape index (κ2) is 9.29. The van der Waals surface area contributed by atoms with Crippen molar-refractivity contribution in [1.82, 2.24) is 10.2 Å². The Hall–Kier alpha value is -0.900. The normalized spacial score (nSPS) is 18.7. The lowest BCUT2D eigenvalue weighted by Crippen LogP contribution is -2.47. The van der Waals surface area contributed by atoms with E-state index in [9.17, 15) is 4.79 Å². The second-order valence-corrected chi connectivity index (χ2v) is 6.29. The molecular formula is C14H23IN4O2S. The molecule has 3 N–H and O–H groups in total. The van der Waals surface area contributed by atoms with Crippen LogP contribution < -0.4 is 11.1 Å². The van der Waals surface area contributed by atoms with E-state index in [4.69, 9.17) is 10.2 Å². The molecule has 0 saturated carbocycles. The first kappa shape index (κ1) is 19.1. The van der Waals surface area contributed by atoms with Gasteiger partial charge in [0, 0.05) is 31.1 Å². The van der Waals surface area contributed by atoms with Crippen molar-refractivity contribution >= 4 is 47.6 Å². The standard InChI is InChI=1S/C14H22N4O2S.HI/c1-3-11-9-18(6-7-21-11)14(16-2)17-8-10-4-5-12(20-10)13(15)19;/h4-5,11H,3,6-9H2,1-2H3,(H2,15,19)(H,16,17);1H. The number of hydrogen-bond donors (Lipinski definition) is 2. The Balaban J connectivity index is 0.00000242. The van der Waals surface area contributed by atoms with E-state index < -0.39 is 5.91 Å². The lowest BCUT2D eigenvalue weighted by atomic mass is 10.3. The van der Waals surface area contributed by atoms with Gasteiger partial charge in [0.25, 0.3) is 5.91 Å². The number of nitrogens with one attached hydrogen (secondary N) is 1. The van der Waals surface area contributed by atoms with E-state index in [2.05, 4.69) is 22.1 Å². The van der Waals surface area contributed by atoms with Gasteiger partial charge in [0.15, 0.2) is 11.7 Å². The average Bonchev–Trinajstić information content (AvgIpc) is 2.97. The molecule has 0 radical (unpaired) electrons. The molecule has 0 aromatic carbocycles. The molecule has 1 aliphatic rings. The fraction of sp³-hybridized carbons (Fsp3) is 0.571. The van der Waals surface area contributed by atoms with Crippen molar-refractivity contribution in [2.24, 2.45) is 10.7 Å². The number of nitrogens with two attached hydrogens (primary N) is 1. The predicted molar refractivity (Wildman–Crippen MR) is 101 cm³/mol. The van der Waals surface area contributed by atoms with E-state index in [0.717, 1.165) is 31.2 Å². The highest BCUT2D eigenvalue weighted by Gasteiger charge is 2.21. The monoisotopic (exact) mass is 438 g/mol. The summed E-state index contributed by atoms with van der Waals surface area (Å²) in [6.07, 6.45) is 1.16. The third-order valence-corrected chi connectivity index (χ3v) is 4.80. The Morgan fingerprint density at radius 2 is 2.36 bits per heavy atom. The molecule has 0 spiro atoms. The quantitative estimate of drug-likeness (QED) is 0.426. The number of carbonyl (C=O) groups excluding carboxylic acids is 1. The third-order valence-electron chi connectivity index (χ3n) is 3.43. The maximum atomic E-state index is 11.0. The number of furan rings is 1. The molecule has 124 valence electrons. The van der Waals surface area contributed by atoms with E-state index in [-0.39, 0.29) is 29.7 Å². The van der Waals surface area contributed by atoms with E-state index >= 15 is 0 Å². The molecule has 1 fully saturated rings. The highest BCUT2D eigenvalue weighted by molar-refractivity contribution is 14.0. The minimum Gasteiger partial charge on any atom is -0.454 e. The Morgan fingerprint density at radius 1 is 1.59 bits per heavy atom. The van der Waals surface area contributed by atoms with Gasteiger partial charge in [-0.15, -0.1) is 24.0 Å². The lowest BCUT2D eigenvalue weighted by Gasteiger charge is -2.34. The lowest BCUT2D eigenvalue weighted by molar-refractivity contribution is 0.0972. The molecule has 1 unspecified atom stereocenters. The summed E-state index contributed by atoms with van der Waals surface area (Å²) in [4.78, 5) is 17.6. The number of nitrogens with zero attached hydrogens (tertiary/aromatic N) is 2. The van der Waals surface area contributed by atoms with E-state index in [0.29, 0.717) is 17.6 Å². The fourth-order valence-corrected chi connectivity index (χ4v) is 3.44. The summed E-state index contributed by atoms with van der Waals surface area (Å²) in [5, 5.41) is 3.93. The van der Waals surface area contributed by atoms with Crippen LogP contribution in [0.2, 0.25) is 0 Å². The van der Waals surface area contributed by atoms with Crippen LogP contribution in [0.3, 0.4) is 0 Å². The summed E-state index contributed by atoms with van der Waals surface area (Å²) >= 11 is 2.02. The largest absolute Gasteiger partial charge is 0.454 e. The SMILES string of the molecule is CCC1CN(C(=NC)NCc2ccc(C(N)=O)o2)CCS1.I. The van der Waals surface area contributed by atoms with Crippen LogP contribution in [-0.4, -0.2) is 47.9 Å². The van der Waals surface area contributed by atoms with Gasteiger partial charge in [0.1, 0.15) is 5.76 Å². The van der Waals surface area contributed by atoms with Gasteiger partial charge in [0.05, 0.1) is 6.54 Å². The molecule has 1 amide bonds. The molecule has 1 aromatic rings. The zero-order valence-electron chi connectivity index (χ0n) is 12.9. The van der Waals surface area contributed by atoms with Gasteiger partial charge < -0.3 is 20.4 Å². The minimum atomic E-state index is -0.551. The van der Waals surface area contributed by atoms with Gasteiger partial charge in [-0.05, 0) is 18.6 Å². The minimum absolute atomic E-state index is 0. The van der Waals surface area contributed by atoms with Crippen LogP contribution >= 0.6 is 35.7 Å². The maximum absolute atomic E-state index is 11.0. The van der Waals surface area contributed by atoms with Crippen LogP contribution in [0.15, 0.2) is 21.5 Å². The molecule has 1 aromatic heterocycles. The summed E-state index contributed by atoms with van der Waals surface area (Å²) in [5.74, 6) is 2.28.